The molecule has 0 aromatic heterocycles. The second kappa shape index (κ2) is 11.7. The number of likely N-dealkylation sites (tertiary alicyclic amines) is 1. The van der Waals surface area contributed by atoms with Crippen LogP contribution in [-0.2, 0) is 20.4 Å². The Bertz CT molecular complexity index is 1340. The minimum atomic E-state index is -3.77. The molecule has 0 spiro atoms. The van der Waals surface area contributed by atoms with E-state index in [1.54, 1.807) is 29.2 Å². The Morgan fingerprint density at radius 2 is 1.64 bits per heavy atom. The molecular weight excluding hydrogens is 542 g/mol. The molecule has 0 saturated carbocycles. The van der Waals surface area contributed by atoms with Crippen LogP contribution in [-0.4, -0.2) is 61.0 Å². The zero-order valence-corrected chi connectivity index (χ0v) is 24.4. The van der Waals surface area contributed by atoms with E-state index in [2.05, 4.69) is 5.32 Å². The van der Waals surface area contributed by atoms with Crippen molar-refractivity contribution in [3.63, 3.8) is 0 Å². The van der Waals surface area contributed by atoms with Crippen molar-refractivity contribution >= 4 is 39.3 Å². The number of sulfonamides is 1. The summed E-state index contributed by atoms with van der Waals surface area (Å²) in [7, 11) is -3.77. The molecule has 0 radical (unpaired) electrons. The molecule has 39 heavy (non-hydrogen) atoms. The molecule has 1 saturated heterocycles. The quantitative estimate of drug-likeness (QED) is 0.441. The highest BCUT2D eigenvalue weighted by Gasteiger charge is 2.50. The topological polar surface area (TPSA) is 133 Å². The third kappa shape index (κ3) is 6.80. The van der Waals surface area contributed by atoms with Crippen molar-refractivity contribution in [1.29, 1.82) is 0 Å². The van der Waals surface area contributed by atoms with Gasteiger partial charge in [-0.2, -0.15) is 0 Å². The first-order valence-electron chi connectivity index (χ1n) is 12.8. The minimum Gasteiger partial charge on any atom is -0.384 e. The van der Waals surface area contributed by atoms with Gasteiger partial charge in [0.2, 0.25) is 15.9 Å². The number of nitrogens with one attached hydrogen (secondary N) is 2. The fourth-order valence-corrected chi connectivity index (χ4v) is 5.45. The number of nitrogens with zero attached hydrogens (tertiary/aromatic N) is 1. The van der Waals surface area contributed by atoms with Crippen molar-refractivity contribution < 1.29 is 27.9 Å². The smallest absolute Gasteiger partial charge is 0.264 e. The third-order valence-corrected chi connectivity index (χ3v) is 8.83. The maximum Gasteiger partial charge on any atom is 0.264 e. The van der Waals surface area contributed by atoms with Crippen LogP contribution in [0.15, 0.2) is 48.5 Å². The van der Waals surface area contributed by atoms with Crippen molar-refractivity contribution in [1.82, 2.24) is 14.9 Å². The highest BCUT2D eigenvalue weighted by Crippen LogP contribution is 2.46. The molecule has 11 heteroatoms. The summed E-state index contributed by atoms with van der Waals surface area (Å²) in [4.78, 5) is 40.8. The van der Waals surface area contributed by atoms with E-state index in [9.17, 15) is 27.9 Å². The second-order valence-corrected chi connectivity index (χ2v) is 13.3. The average molecular weight is 578 g/mol. The number of amides is 3. The number of carbonyl (C=O) groups is 3. The van der Waals surface area contributed by atoms with E-state index in [4.69, 9.17) is 11.6 Å². The predicted octanol–water partition coefficient (Wildman–Crippen LogP) is 3.32. The molecular formula is C28H36ClN3O6S. The van der Waals surface area contributed by atoms with Gasteiger partial charge >= 0.3 is 0 Å². The fourth-order valence-electron chi connectivity index (χ4n) is 4.78. The van der Waals surface area contributed by atoms with Crippen molar-refractivity contribution in [2.75, 3.05) is 18.8 Å². The zero-order chi connectivity index (χ0) is 29.2. The summed E-state index contributed by atoms with van der Waals surface area (Å²) in [5, 5.41) is 15.0. The number of aliphatic hydroxyl groups is 1. The number of piperidine rings is 1. The molecule has 0 unspecified atom stereocenters. The van der Waals surface area contributed by atoms with Gasteiger partial charge in [0.05, 0.1) is 11.4 Å². The Morgan fingerprint density at radius 1 is 1.05 bits per heavy atom. The molecule has 1 heterocycles. The number of carbonyl (C=O) groups excluding carboxylic acids is 3. The maximum absolute atomic E-state index is 13.6. The van der Waals surface area contributed by atoms with E-state index < -0.39 is 38.9 Å². The maximum atomic E-state index is 13.6. The van der Waals surface area contributed by atoms with E-state index in [0.29, 0.717) is 18.0 Å². The van der Waals surface area contributed by atoms with Gasteiger partial charge in [0.25, 0.3) is 11.8 Å². The molecule has 1 aliphatic rings. The van der Waals surface area contributed by atoms with Gasteiger partial charge in [-0.15, -0.1) is 0 Å². The SMILES string of the molecule is CCS(=O)(=O)NC(=O)c1cccc(C(=O)N[C@@H](C(=O)N2CC[C@](O)(c3ccc(Cl)cc3)C(C)(C)C2)C(C)C)c1. The van der Waals surface area contributed by atoms with E-state index in [1.165, 1.54) is 31.2 Å². The van der Waals surface area contributed by atoms with Crippen LogP contribution in [0.3, 0.4) is 0 Å². The van der Waals surface area contributed by atoms with E-state index in [1.807, 2.05) is 32.4 Å². The lowest BCUT2D eigenvalue weighted by Crippen LogP contribution is -2.60. The first-order chi connectivity index (χ1) is 18.1. The summed E-state index contributed by atoms with van der Waals surface area (Å²) in [5.74, 6) is -2.19. The Morgan fingerprint density at radius 3 is 2.18 bits per heavy atom. The van der Waals surface area contributed by atoms with E-state index >= 15 is 0 Å². The van der Waals surface area contributed by atoms with Crippen LogP contribution in [0, 0.1) is 11.3 Å². The van der Waals surface area contributed by atoms with Crippen molar-refractivity contribution in [3.8, 4) is 0 Å². The third-order valence-electron chi connectivity index (χ3n) is 7.32. The lowest BCUT2D eigenvalue weighted by atomic mass is 9.66. The van der Waals surface area contributed by atoms with Gasteiger partial charge in [0, 0.05) is 34.7 Å². The van der Waals surface area contributed by atoms with Gasteiger partial charge in [0.15, 0.2) is 0 Å². The first kappa shape index (κ1) is 30.6. The van der Waals surface area contributed by atoms with Crippen molar-refractivity contribution in [2.45, 2.75) is 52.7 Å². The first-order valence-corrected chi connectivity index (χ1v) is 14.9. The lowest BCUT2D eigenvalue weighted by molar-refractivity contribution is -0.155. The van der Waals surface area contributed by atoms with Gasteiger partial charge in [-0.25, -0.2) is 13.1 Å². The Kier molecular flexibility index (Phi) is 9.14. The van der Waals surface area contributed by atoms with Crippen LogP contribution in [0.4, 0.5) is 0 Å². The molecule has 3 amide bonds. The van der Waals surface area contributed by atoms with Gasteiger partial charge in [-0.3, -0.25) is 14.4 Å². The molecule has 1 aliphatic heterocycles. The summed E-state index contributed by atoms with van der Waals surface area (Å²) in [6.07, 6.45) is 0.309. The summed E-state index contributed by atoms with van der Waals surface area (Å²) in [5.41, 5.74) is -1.01. The number of halogens is 1. The molecule has 1 fully saturated rings. The highest BCUT2D eigenvalue weighted by atomic mass is 35.5. The molecule has 3 rings (SSSR count). The Labute approximate surface area is 235 Å². The van der Waals surface area contributed by atoms with Crippen molar-refractivity contribution in [3.05, 3.63) is 70.2 Å². The van der Waals surface area contributed by atoms with Crippen LogP contribution in [0.5, 0.6) is 0 Å². The molecule has 9 nitrogen and oxygen atoms in total. The number of benzene rings is 2. The molecule has 2 atom stereocenters. The van der Waals surface area contributed by atoms with Crippen LogP contribution in [0.1, 0.15) is 67.3 Å². The van der Waals surface area contributed by atoms with Crippen LogP contribution in [0.2, 0.25) is 5.02 Å². The molecule has 2 aromatic carbocycles. The fraction of sp³-hybridized carbons (Fsp3) is 0.464. The largest absolute Gasteiger partial charge is 0.384 e. The monoisotopic (exact) mass is 577 g/mol. The molecule has 212 valence electrons. The van der Waals surface area contributed by atoms with Crippen LogP contribution < -0.4 is 10.0 Å². The number of hydrogen-bond donors (Lipinski definition) is 3. The van der Waals surface area contributed by atoms with Gasteiger partial charge in [-0.1, -0.05) is 57.5 Å². The number of hydrogen-bond acceptors (Lipinski definition) is 6. The standard InChI is InChI=1S/C28H36ClN3O6S/c1-6-39(37,38)31-25(34)20-9-7-8-19(16-20)24(33)30-23(18(2)3)26(35)32-15-14-28(36,27(4,5)17-32)21-10-12-22(29)13-11-21/h7-13,16,18,23,36H,6,14-15,17H2,1-5H3,(H,30,33)(H,31,34)/t23-,28+/m1/s1. The second-order valence-electron chi connectivity index (χ2n) is 10.9. The normalized spacial score (nSPS) is 19.8. The van der Waals surface area contributed by atoms with E-state index in [0.717, 1.165) is 5.56 Å². The zero-order valence-electron chi connectivity index (χ0n) is 22.8. The average Bonchev–Trinajstić information content (AvgIpc) is 2.88. The summed E-state index contributed by atoms with van der Waals surface area (Å²) < 4.78 is 25.5. The van der Waals surface area contributed by atoms with Crippen LogP contribution >= 0.6 is 11.6 Å². The molecule has 3 N–H and O–H groups in total. The predicted molar refractivity (Wildman–Crippen MR) is 150 cm³/mol. The summed E-state index contributed by atoms with van der Waals surface area (Å²) in [6, 6.07) is 11.8. The molecule has 0 bridgehead atoms. The van der Waals surface area contributed by atoms with Crippen LogP contribution in [0.25, 0.3) is 0 Å². The Hall–Kier alpha value is -2.95. The van der Waals surface area contributed by atoms with Gasteiger partial charge in [0.1, 0.15) is 6.04 Å². The number of rotatable bonds is 8. The minimum absolute atomic E-state index is 0.00589. The molecule has 0 aliphatic carbocycles. The van der Waals surface area contributed by atoms with Gasteiger partial charge in [-0.05, 0) is 55.2 Å². The summed E-state index contributed by atoms with van der Waals surface area (Å²) >= 11 is 6.02. The summed E-state index contributed by atoms with van der Waals surface area (Å²) in [6.45, 7) is 9.42. The van der Waals surface area contributed by atoms with E-state index in [-0.39, 0.29) is 35.2 Å². The highest BCUT2D eigenvalue weighted by molar-refractivity contribution is 7.90. The Balaban J connectivity index is 1.76. The lowest BCUT2D eigenvalue weighted by Gasteiger charge is -2.51. The molecule has 2 aromatic rings. The van der Waals surface area contributed by atoms with Crippen molar-refractivity contribution in [2.24, 2.45) is 11.3 Å². The van der Waals surface area contributed by atoms with Gasteiger partial charge < -0.3 is 15.3 Å².